The lowest BCUT2D eigenvalue weighted by atomic mass is 9.78. The maximum absolute atomic E-state index is 11.8. The van der Waals surface area contributed by atoms with Gasteiger partial charge < -0.3 is 9.84 Å². The summed E-state index contributed by atoms with van der Waals surface area (Å²) in [6.45, 7) is 9.73. The molecule has 0 aliphatic rings. The molecule has 0 saturated carbocycles. The number of benzene rings is 2. The van der Waals surface area contributed by atoms with Crippen molar-refractivity contribution in [3.8, 4) is 5.75 Å². The number of anilines is 1. The van der Waals surface area contributed by atoms with Gasteiger partial charge in [-0.1, -0.05) is 38.1 Å². The van der Waals surface area contributed by atoms with Crippen LogP contribution in [0.2, 0.25) is 0 Å². The molecular weight excluding hydrogens is 302 g/mol. The average molecular weight is 327 g/mol. The van der Waals surface area contributed by atoms with Crippen molar-refractivity contribution in [1.29, 1.82) is 0 Å². The number of hydrogen-bond acceptors (Lipinski definition) is 3. The highest BCUT2D eigenvalue weighted by molar-refractivity contribution is 5.84. The minimum atomic E-state index is -0.523. The zero-order valence-electron chi connectivity index (χ0n) is 14.9. The molecule has 2 aromatic carbocycles. The number of rotatable bonds is 3. The van der Waals surface area contributed by atoms with Gasteiger partial charge in [0.15, 0.2) is 0 Å². The average Bonchev–Trinajstić information content (AvgIpc) is 2.46. The Hall–Kier alpha value is -2.49. The highest BCUT2D eigenvalue weighted by atomic mass is 16.6. The molecule has 2 aromatic rings. The van der Waals surface area contributed by atoms with E-state index >= 15 is 0 Å². The maximum Gasteiger partial charge on any atom is 0.412 e. The summed E-state index contributed by atoms with van der Waals surface area (Å²) < 4.78 is 5.25. The Labute approximate surface area is 143 Å². The Bertz CT molecular complexity index is 695. The number of carbonyl (C=O) groups is 1. The Kier molecular flexibility index (Phi) is 4.88. The fraction of sp³-hybridized carbons (Fsp3) is 0.350. The zero-order valence-corrected chi connectivity index (χ0v) is 14.9. The van der Waals surface area contributed by atoms with Gasteiger partial charge in [-0.05, 0) is 56.2 Å². The minimum Gasteiger partial charge on any atom is -0.508 e. The first kappa shape index (κ1) is 17.9. The highest BCUT2D eigenvalue weighted by Crippen LogP contribution is 2.32. The summed E-state index contributed by atoms with van der Waals surface area (Å²) in [4.78, 5) is 11.8. The lowest BCUT2D eigenvalue weighted by Gasteiger charge is -2.26. The summed E-state index contributed by atoms with van der Waals surface area (Å²) in [5, 5.41) is 12.2. The Balaban J connectivity index is 2.13. The molecule has 0 unspecified atom stereocenters. The number of aromatic hydroxyl groups is 1. The van der Waals surface area contributed by atoms with Gasteiger partial charge in [-0.25, -0.2) is 4.79 Å². The van der Waals surface area contributed by atoms with Crippen molar-refractivity contribution in [2.45, 2.75) is 45.6 Å². The number of amides is 1. The van der Waals surface area contributed by atoms with E-state index in [1.165, 1.54) is 0 Å². The number of ether oxygens (including phenoxy) is 1. The summed E-state index contributed by atoms with van der Waals surface area (Å²) in [7, 11) is 0. The number of hydrogen-bond donors (Lipinski definition) is 2. The molecule has 4 heteroatoms. The van der Waals surface area contributed by atoms with Crippen molar-refractivity contribution in [1.82, 2.24) is 0 Å². The van der Waals surface area contributed by atoms with E-state index in [-0.39, 0.29) is 11.2 Å². The van der Waals surface area contributed by atoms with Crippen molar-refractivity contribution in [2.24, 2.45) is 0 Å². The molecule has 0 atom stereocenters. The van der Waals surface area contributed by atoms with Crippen molar-refractivity contribution >= 4 is 11.8 Å². The van der Waals surface area contributed by atoms with Gasteiger partial charge in [0.25, 0.3) is 0 Å². The molecule has 0 spiro atoms. The minimum absolute atomic E-state index is 0.210. The second-order valence-corrected chi connectivity index (χ2v) is 7.38. The van der Waals surface area contributed by atoms with Gasteiger partial charge in [0.2, 0.25) is 0 Å². The van der Waals surface area contributed by atoms with E-state index in [0.29, 0.717) is 5.69 Å². The normalized spacial score (nSPS) is 11.9. The Morgan fingerprint density at radius 3 is 1.79 bits per heavy atom. The summed E-state index contributed by atoms with van der Waals surface area (Å²) in [5.41, 5.74) is 2.17. The number of phenolic OH excluding ortho intramolecular Hbond substituents is 1. The molecule has 0 heterocycles. The third-order valence-electron chi connectivity index (χ3n) is 3.84. The predicted molar refractivity (Wildman–Crippen MR) is 96.5 cm³/mol. The molecule has 2 rings (SSSR count). The summed E-state index contributed by atoms with van der Waals surface area (Å²) in [6.07, 6.45) is -0.465. The van der Waals surface area contributed by atoms with Crippen molar-refractivity contribution in [3.63, 3.8) is 0 Å². The molecule has 0 aromatic heterocycles. The van der Waals surface area contributed by atoms with Crippen LogP contribution in [-0.2, 0) is 10.2 Å². The van der Waals surface area contributed by atoms with Gasteiger partial charge in [0.1, 0.15) is 11.4 Å². The van der Waals surface area contributed by atoms with Crippen LogP contribution in [-0.4, -0.2) is 16.8 Å². The van der Waals surface area contributed by atoms with Crippen molar-refractivity contribution in [3.05, 3.63) is 59.7 Å². The third kappa shape index (κ3) is 4.51. The summed E-state index contributed by atoms with van der Waals surface area (Å²) in [5.74, 6) is 0.256. The lowest BCUT2D eigenvalue weighted by molar-refractivity contribution is 0.0636. The van der Waals surface area contributed by atoms with Crippen LogP contribution in [0.3, 0.4) is 0 Å². The fourth-order valence-electron chi connectivity index (χ4n) is 2.44. The van der Waals surface area contributed by atoms with Gasteiger partial charge in [0, 0.05) is 11.1 Å². The van der Waals surface area contributed by atoms with Gasteiger partial charge >= 0.3 is 6.09 Å². The molecule has 2 N–H and O–H groups in total. The van der Waals surface area contributed by atoms with Gasteiger partial charge in [-0.2, -0.15) is 0 Å². The molecule has 0 bridgehead atoms. The monoisotopic (exact) mass is 327 g/mol. The molecule has 0 saturated heterocycles. The van der Waals surface area contributed by atoms with E-state index in [1.54, 1.807) is 12.1 Å². The van der Waals surface area contributed by atoms with E-state index < -0.39 is 11.7 Å². The quantitative estimate of drug-likeness (QED) is 0.828. The number of carbonyl (C=O) groups excluding carboxylic acids is 1. The van der Waals surface area contributed by atoms with Gasteiger partial charge in [-0.3, -0.25) is 5.32 Å². The van der Waals surface area contributed by atoms with Crippen LogP contribution in [0.15, 0.2) is 48.5 Å². The van der Waals surface area contributed by atoms with Crippen LogP contribution >= 0.6 is 0 Å². The topological polar surface area (TPSA) is 58.6 Å². The number of phenols is 1. The standard InChI is InChI=1S/C20H25NO3/c1-19(2,3)24-18(23)21-16-10-6-14(7-11-16)20(4,5)15-8-12-17(22)13-9-15/h6-13,22H,1-5H3,(H,21,23). The molecule has 24 heavy (non-hydrogen) atoms. The van der Waals surface area contributed by atoms with Crippen LogP contribution in [0, 0.1) is 0 Å². The van der Waals surface area contributed by atoms with E-state index in [1.807, 2.05) is 57.2 Å². The van der Waals surface area contributed by atoms with E-state index in [4.69, 9.17) is 4.74 Å². The molecule has 4 nitrogen and oxygen atoms in total. The van der Waals surface area contributed by atoms with Crippen LogP contribution in [0.5, 0.6) is 5.75 Å². The first-order valence-corrected chi connectivity index (χ1v) is 7.98. The van der Waals surface area contributed by atoms with Crippen molar-refractivity contribution in [2.75, 3.05) is 5.32 Å². The summed E-state index contributed by atoms with van der Waals surface area (Å²) >= 11 is 0. The molecule has 0 radical (unpaired) electrons. The second kappa shape index (κ2) is 6.56. The van der Waals surface area contributed by atoms with Crippen molar-refractivity contribution < 1.29 is 14.6 Å². The SMILES string of the molecule is CC(C)(C)OC(=O)Nc1ccc(C(C)(C)c2ccc(O)cc2)cc1. The first-order chi connectivity index (χ1) is 11.1. The number of nitrogens with one attached hydrogen (secondary N) is 1. The predicted octanol–water partition coefficient (Wildman–Crippen LogP) is 5.07. The summed E-state index contributed by atoms with van der Waals surface area (Å²) in [6, 6.07) is 14.9. The van der Waals surface area contributed by atoms with Crippen LogP contribution in [0.25, 0.3) is 0 Å². The van der Waals surface area contributed by atoms with Gasteiger partial charge in [-0.15, -0.1) is 0 Å². The largest absolute Gasteiger partial charge is 0.508 e. The maximum atomic E-state index is 11.8. The second-order valence-electron chi connectivity index (χ2n) is 7.38. The van der Waals surface area contributed by atoms with E-state index in [0.717, 1.165) is 11.1 Å². The Morgan fingerprint density at radius 1 is 0.875 bits per heavy atom. The van der Waals surface area contributed by atoms with Crippen LogP contribution in [0.1, 0.15) is 45.7 Å². The molecule has 0 fully saturated rings. The lowest BCUT2D eigenvalue weighted by Crippen LogP contribution is -2.27. The first-order valence-electron chi connectivity index (χ1n) is 7.98. The van der Waals surface area contributed by atoms with Gasteiger partial charge in [0.05, 0.1) is 0 Å². The smallest absolute Gasteiger partial charge is 0.412 e. The fourth-order valence-corrected chi connectivity index (χ4v) is 2.44. The van der Waals surface area contributed by atoms with E-state index in [9.17, 15) is 9.90 Å². The molecule has 0 aliphatic carbocycles. The highest BCUT2D eigenvalue weighted by Gasteiger charge is 2.23. The molecular formula is C20H25NO3. The zero-order chi connectivity index (χ0) is 18.0. The third-order valence-corrected chi connectivity index (χ3v) is 3.84. The molecule has 0 aliphatic heterocycles. The Morgan fingerprint density at radius 2 is 1.33 bits per heavy atom. The van der Waals surface area contributed by atoms with Crippen LogP contribution < -0.4 is 5.32 Å². The molecule has 1 amide bonds. The molecule has 128 valence electrons. The van der Waals surface area contributed by atoms with E-state index in [2.05, 4.69) is 19.2 Å². The van der Waals surface area contributed by atoms with Crippen LogP contribution in [0.4, 0.5) is 10.5 Å².